The van der Waals surface area contributed by atoms with E-state index in [2.05, 4.69) is 17.4 Å². The Labute approximate surface area is 173 Å². The van der Waals surface area contributed by atoms with E-state index in [1.54, 1.807) is 0 Å². The number of ketones is 1. The van der Waals surface area contributed by atoms with E-state index in [0.29, 0.717) is 18.9 Å². The molecule has 0 spiro atoms. The molecule has 2 aromatic carbocycles. The molecule has 0 aliphatic carbocycles. The number of fused-ring (bicyclic) bond motifs is 1. The van der Waals surface area contributed by atoms with Gasteiger partial charge in [-0.2, -0.15) is 0 Å². The van der Waals surface area contributed by atoms with Crippen molar-refractivity contribution in [3.63, 3.8) is 0 Å². The lowest BCUT2D eigenvalue weighted by Gasteiger charge is -2.22. The van der Waals surface area contributed by atoms with Crippen LogP contribution in [0.5, 0.6) is 0 Å². The molecule has 1 N–H and O–H groups in total. The predicted molar refractivity (Wildman–Crippen MR) is 115 cm³/mol. The van der Waals surface area contributed by atoms with E-state index in [9.17, 15) is 9.59 Å². The summed E-state index contributed by atoms with van der Waals surface area (Å²) in [5.41, 5.74) is 4.07. The maximum absolute atomic E-state index is 12.8. The number of amides is 1. The highest BCUT2D eigenvalue weighted by molar-refractivity contribution is 5.96. The van der Waals surface area contributed by atoms with Crippen molar-refractivity contribution < 1.29 is 9.59 Å². The van der Waals surface area contributed by atoms with Gasteiger partial charge in [0.2, 0.25) is 0 Å². The fourth-order valence-electron chi connectivity index (χ4n) is 4.51. The number of carbonyl (C=O) groups is 2. The number of hydrogen-bond acceptors (Lipinski definition) is 3. The first-order valence-electron chi connectivity index (χ1n) is 10.9. The van der Waals surface area contributed by atoms with Gasteiger partial charge in [0.1, 0.15) is 0 Å². The van der Waals surface area contributed by atoms with E-state index >= 15 is 0 Å². The zero-order valence-electron chi connectivity index (χ0n) is 17.0. The van der Waals surface area contributed by atoms with Crippen LogP contribution in [0.2, 0.25) is 0 Å². The first kappa shape index (κ1) is 19.8. The Kier molecular flexibility index (Phi) is 6.40. The molecule has 4 rings (SSSR count). The third-order valence-corrected chi connectivity index (χ3v) is 6.38. The molecule has 29 heavy (non-hydrogen) atoms. The van der Waals surface area contributed by atoms with Crippen molar-refractivity contribution in [2.24, 2.45) is 5.92 Å². The second-order valence-electron chi connectivity index (χ2n) is 8.30. The van der Waals surface area contributed by atoms with Gasteiger partial charge in [-0.1, -0.05) is 30.3 Å². The van der Waals surface area contributed by atoms with Crippen LogP contribution in [0.4, 0.5) is 0 Å². The largest absolute Gasteiger partial charge is 0.338 e. The Bertz CT molecular complexity index is 856. The van der Waals surface area contributed by atoms with Gasteiger partial charge in [0.15, 0.2) is 5.78 Å². The zero-order chi connectivity index (χ0) is 20.1. The minimum Gasteiger partial charge on any atom is -0.338 e. The number of nitrogens with zero attached hydrogens (tertiary/aromatic N) is 1. The van der Waals surface area contributed by atoms with Crippen LogP contribution in [0.25, 0.3) is 0 Å². The van der Waals surface area contributed by atoms with Crippen molar-refractivity contribution in [2.75, 3.05) is 26.2 Å². The molecular formula is C25H30N2O2. The Morgan fingerprint density at radius 2 is 1.62 bits per heavy atom. The summed E-state index contributed by atoms with van der Waals surface area (Å²) in [6, 6.07) is 15.7. The van der Waals surface area contributed by atoms with Crippen LogP contribution in [0.15, 0.2) is 48.5 Å². The summed E-state index contributed by atoms with van der Waals surface area (Å²) in [6.07, 6.45) is 5.66. The smallest absolute Gasteiger partial charge is 0.253 e. The molecule has 2 aromatic rings. The summed E-state index contributed by atoms with van der Waals surface area (Å²) < 4.78 is 0. The average molecular weight is 391 g/mol. The molecule has 0 bridgehead atoms. The van der Waals surface area contributed by atoms with E-state index in [-0.39, 0.29) is 11.7 Å². The molecule has 0 atom stereocenters. The highest BCUT2D eigenvalue weighted by atomic mass is 16.2. The number of hydrogen-bond donors (Lipinski definition) is 1. The number of piperidine rings is 1. The van der Waals surface area contributed by atoms with Crippen LogP contribution in [-0.4, -0.2) is 42.8 Å². The van der Waals surface area contributed by atoms with Gasteiger partial charge >= 0.3 is 0 Å². The fraction of sp³-hybridized carbons (Fsp3) is 0.440. The number of rotatable bonds is 5. The van der Waals surface area contributed by atoms with Gasteiger partial charge in [-0.15, -0.1) is 0 Å². The normalized spacial score (nSPS) is 17.4. The standard InChI is InChI=1S/C25H30N2O2/c28-24(9-6-19-10-14-26-15-11-19)23-8-7-20-12-16-27(17-13-22(20)18-23)25(29)21-4-2-1-3-5-21/h1-5,7-8,18-19,26H,6,9-17H2. The average Bonchev–Trinajstić information content (AvgIpc) is 3.00. The summed E-state index contributed by atoms with van der Waals surface area (Å²) in [7, 11) is 0. The summed E-state index contributed by atoms with van der Waals surface area (Å²) in [5.74, 6) is 1.03. The summed E-state index contributed by atoms with van der Waals surface area (Å²) in [6.45, 7) is 3.59. The molecule has 0 saturated carbocycles. The topological polar surface area (TPSA) is 49.4 Å². The van der Waals surface area contributed by atoms with E-state index in [4.69, 9.17) is 0 Å². The first-order valence-corrected chi connectivity index (χ1v) is 10.9. The van der Waals surface area contributed by atoms with Gasteiger partial charge in [0, 0.05) is 30.6 Å². The lowest BCUT2D eigenvalue weighted by Crippen LogP contribution is -2.33. The van der Waals surface area contributed by atoms with Crippen LogP contribution in [0.3, 0.4) is 0 Å². The van der Waals surface area contributed by atoms with Gasteiger partial charge < -0.3 is 10.2 Å². The van der Waals surface area contributed by atoms with Crippen molar-refractivity contribution >= 4 is 11.7 Å². The summed E-state index contributed by atoms with van der Waals surface area (Å²) in [4.78, 5) is 27.5. The van der Waals surface area contributed by atoms with Crippen molar-refractivity contribution in [3.05, 3.63) is 70.8 Å². The Balaban J connectivity index is 1.38. The van der Waals surface area contributed by atoms with E-state index in [1.807, 2.05) is 41.3 Å². The Morgan fingerprint density at radius 3 is 2.38 bits per heavy atom. The lowest BCUT2D eigenvalue weighted by atomic mass is 9.90. The molecule has 1 saturated heterocycles. The molecule has 4 nitrogen and oxygen atoms in total. The maximum atomic E-state index is 12.8. The fourth-order valence-corrected chi connectivity index (χ4v) is 4.51. The summed E-state index contributed by atoms with van der Waals surface area (Å²) >= 11 is 0. The van der Waals surface area contributed by atoms with Gasteiger partial charge in [0.05, 0.1) is 0 Å². The van der Waals surface area contributed by atoms with Crippen molar-refractivity contribution in [1.82, 2.24) is 10.2 Å². The molecule has 1 amide bonds. The molecular weight excluding hydrogens is 360 g/mol. The second kappa shape index (κ2) is 9.36. The number of nitrogens with one attached hydrogen (secondary N) is 1. The third-order valence-electron chi connectivity index (χ3n) is 6.38. The van der Waals surface area contributed by atoms with E-state index in [1.165, 1.54) is 24.0 Å². The summed E-state index contributed by atoms with van der Waals surface area (Å²) in [5, 5.41) is 3.38. The third kappa shape index (κ3) is 4.94. The quantitative estimate of drug-likeness (QED) is 0.788. The molecule has 4 heteroatoms. The van der Waals surface area contributed by atoms with Crippen LogP contribution in [0, 0.1) is 5.92 Å². The van der Waals surface area contributed by atoms with Gasteiger partial charge in [-0.3, -0.25) is 9.59 Å². The highest BCUT2D eigenvalue weighted by Gasteiger charge is 2.21. The predicted octanol–water partition coefficient (Wildman–Crippen LogP) is 3.89. The molecule has 2 heterocycles. The van der Waals surface area contributed by atoms with Gasteiger partial charge in [-0.05, 0) is 80.4 Å². The minimum atomic E-state index is 0.0941. The van der Waals surface area contributed by atoms with Crippen LogP contribution < -0.4 is 5.32 Å². The number of Topliss-reactive ketones (excluding diaryl/α,β-unsaturated/α-hetero) is 1. The lowest BCUT2D eigenvalue weighted by molar-refractivity contribution is 0.0762. The molecule has 2 aliphatic rings. The van der Waals surface area contributed by atoms with Crippen molar-refractivity contribution in [2.45, 2.75) is 38.5 Å². The Hall–Kier alpha value is -2.46. The minimum absolute atomic E-state index is 0.0941. The molecule has 2 aliphatic heterocycles. The Morgan fingerprint density at radius 1 is 0.897 bits per heavy atom. The van der Waals surface area contributed by atoms with Crippen molar-refractivity contribution in [3.8, 4) is 0 Å². The highest BCUT2D eigenvalue weighted by Crippen LogP contribution is 2.22. The second-order valence-corrected chi connectivity index (χ2v) is 8.30. The van der Waals surface area contributed by atoms with Gasteiger partial charge in [-0.25, -0.2) is 0 Å². The SMILES string of the molecule is O=C(CCC1CCNCC1)c1ccc2c(c1)CCN(C(=O)c1ccccc1)CC2. The first-order chi connectivity index (χ1) is 14.2. The molecule has 0 unspecified atom stereocenters. The molecule has 152 valence electrons. The molecule has 1 fully saturated rings. The number of carbonyl (C=O) groups excluding carboxylic acids is 2. The maximum Gasteiger partial charge on any atom is 0.253 e. The van der Waals surface area contributed by atoms with E-state index < -0.39 is 0 Å². The molecule has 0 aromatic heterocycles. The zero-order valence-corrected chi connectivity index (χ0v) is 17.0. The molecule has 0 radical (unpaired) electrons. The van der Waals surface area contributed by atoms with Crippen LogP contribution in [-0.2, 0) is 12.8 Å². The van der Waals surface area contributed by atoms with Crippen LogP contribution in [0.1, 0.15) is 57.5 Å². The van der Waals surface area contributed by atoms with Crippen molar-refractivity contribution in [1.29, 1.82) is 0 Å². The number of benzene rings is 2. The van der Waals surface area contributed by atoms with Crippen LogP contribution >= 0.6 is 0 Å². The monoisotopic (exact) mass is 390 g/mol. The van der Waals surface area contributed by atoms with Gasteiger partial charge in [0.25, 0.3) is 5.91 Å². The van der Waals surface area contributed by atoms with E-state index in [0.717, 1.165) is 50.0 Å².